The van der Waals surface area contributed by atoms with E-state index in [0.29, 0.717) is 6.61 Å². The van der Waals surface area contributed by atoms with Crippen molar-refractivity contribution in [3.63, 3.8) is 0 Å². The monoisotopic (exact) mass is 283 g/mol. The van der Waals surface area contributed by atoms with E-state index in [4.69, 9.17) is 4.74 Å². The van der Waals surface area contributed by atoms with Crippen LogP contribution in [-0.2, 0) is 4.74 Å². The Morgan fingerprint density at radius 1 is 1.47 bits per heavy atom. The molecule has 2 rings (SSSR count). The van der Waals surface area contributed by atoms with Crippen molar-refractivity contribution >= 4 is 11.8 Å². The zero-order chi connectivity index (χ0) is 13.9. The van der Waals surface area contributed by atoms with E-state index in [-0.39, 0.29) is 17.5 Å². The number of nitrogens with one attached hydrogen (secondary N) is 1. The van der Waals surface area contributed by atoms with E-state index in [0.717, 1.165) is 29.2 Å². The van der Waals surface area contributed by atoms with Gasteiger partial charge in [-0.2, -0.15) is 0 Å². The van der Waals surface area contributed by atoms with E-state index in [1.807, 2.05) is 13.0 Å². The molecule has 0 fully saturated rings. The quantitative estimate of drug-likeness (QED) is 0.889. The van der Waals surface area contributed by atoms with Crippen LogP contribution in [0, 0.1) is 5.82 Å². The molecule has 0 amide bonds. The van der Waals surface area contributed by atoms with Gasteiger partial charge in [0.1, 0.15) is 5.82 Å². The van der Waals surface area contributed by atoms with Gasteiger partial charge in [0.2, 0.25) is 0 Å². The number of hydrogen-bond acceptors (Lipinski definition) is 3. The first-order valence-corrected chi connectivity index (χ1v) is 7.80. The summed E-state index contributed by atoms with van der Waals surface area (Å²) < 4.78 is 19.5. The zero-order valence-corrected chi connectivity index (χ0v) is 12.6. The Morgan fingerprint density at radius 3 is 3.00 bits per heavy atom. The van der Waals surface area contributed by atoms with Crippen molar-refractivity contribution < 1.29 is 9.13 Å². The fourth-order valence-corrected chi connectivity index (χ4v) is 3.55. The first-order chi connectivity index (χ1) is 9.03. The number of thioether (sulfide) groups is 1. The van der Waals surface area contributed by atoms with Gasteiger partial charge in [0, 0.05) is 24.1 Å². The van der Waals surface area contributed by atoms with Gasteiger partial charge in [-0.15, -0.1) is 11.8 Å². The highest BCUT2D eigenvalue weighted by Crippen LogP contribution is 2.37. The average Bonchev–Trinajstić information content (AvgIpc) is 2.37. The van der Waals surface area contributed by atoms with Gasteiger partial charge in [0.15, 0.2) is 0 Å². The Hall–Kier alpha value is -0.580. The van der Waals surface area contributed by atoms with Gasteiger partial charge in [-0.25, -0.2) is 4.39 Å². The lowest BCUT2D eigenvalue weighted by molar-refractivity contribution is -0.0108. The number of hydrogen-bond donors (Lipinski definition) is 1. The Morgan fingerprint density at radius 2 is 2.26 bits per heavy atom. The average molecular weight is 283 g/mol. The maximum absolute atomic E-state index is 13.8. The zero-order valence-electron chi connectivity index (χ0n) is 11.8. The van der Waals surface area contributed by atoms with E-state index in [1.165, 1.54) is 0 Å². The molecule has 1 aliphatic heterocycles. The molecule has 1 heterocycles. The third-order valence-electron chi connectivity index (χ3n) is 3.34. The molecule has 1 atom stereocenters. The molecule has 1 N–H and O–H groups in total. The molecular weight excluding hydrogens is 261 g/mol. The van der Waals surface area contributed by atoms with Crippen LogP contribution in [0.15, 0.2) is 23.1 Å². The van der Waals surface area contributed by atoms with Crippen LogP contribution in [0.3, 0.4) is 0 Å². The van der Waals surface area contributed by atoms with E-state index in [9.17, 15) is 4.39 Å². The van der Waals surface area contributed by atoms with Crippen molar-refractivity contribution in [3.05, 3.63) is 29.6 Å². The van der Waals surface area contributed by atoms with Crippen molar-refractivity contribution in [1.29, 1.82) is 0 Å². The van der Waals surface area contributed by atoms with Gasteiger partial charge in [0.05, 0.1) is 5.60 Å². The predicted octanol–water partition coefficient (Wildman–Crippen LogP) is 3.77. The van der Waals surface area contributed by atoms with Gasteiger partial charge >= 0.3 is 0 Å². The molecule has 0 saturated heterocycles. The summed E-state index contributed by atoms with van der Waals surface area (Å²) in [5, 5.41) is 3.53. The van der Waals surface area contributed by atoms with Crippen molar-refractivity contribution in [3.8, 4) is 0 Å². The molecule has 1 aromatic rings. The molecule has 4 heteroatoms. The highest BCUT2D eigenvalue weighted by molar-refractivity contribution is 7.99. The molecule has 0 radical (unpaired) electrons. The molecule has 19 heavy (non-hydrogen) atoms. The number of rotatable bonds is 5. The molecule has 0 aliphatic carbocycles. The Labute approximate surface area is 119 Å². The summed E-state index contributed by atoms with van der Waals surface area (Å²) in [5.41, 5.74) is 0.899. The number of ether oxygens (including phenoxy) is 1. The molecule has 1 aliphatic rings. The number of fused-ring (bicyclic) bond motifs is 1. The molecule has 2 nitrogen and oxygen atoms in total. The normalized spacial score (nSPS) is 19.3. The van der Waals surface area contributed by atoms with Crippen molar-refractivity contribution in [1.82, 2.24) is 5.32 Å². The highest BCUT2D eigenvalue weighted by atomic mass is 32.2. The van der Waals surface area contributed by atoms with E-state index >= 15 is 0 Å². The minimum Gasteiger partial charge on any atom is -0.375 e. The van der Waals surface area contributed by atoms with Gasteiger partial charge < -0.3 is 10.1 Å². The van der Waals surface area contributed by atoms with E-state index in [2.05, 4.69) is 19.2 Å². The summed E-state index contributed by atoms with van der Waals surface area (Å²) in [6, 6.07) is 5.59. The molecular formula is C15H22FNOS. The second-order valence-corrected chi connectivity index (χ2v) is 6.53. The molecule has 0 bridgehead atoms. The highest BCUT2D eigenvalue weighted by Gasteiger charge is 2.25. The van der Waals surface area contributed by atoms with Crippen LogP contribution in [0.2, 0.25) is 0 Å². The Kier molecular flexibility index (Phi) is 4.87. The fraction of sp³-hybridized carbons (Fsp3) is 0.600. The lowest BCUT2D eigenvalue weighted by Crippen LogP contribution is -2.40. The first-order valence-electron chi connectivity index (χ1n) is 6.82. The summed E-state index contributed by atoms with van der Waals surface area (Å²) >= 11 is 1.62. The predicted molar refractivity (Wildman–Crippen MR) is 78.2 cm³/mol. The molecule has 0 aromatic heterocycles. The van der Waals surface area contributed by atoms with Gasteiger partial charge in [-0.1, -0.05) is 12.1 Å². The smallest absolute Gasteiger partial charge is 0.137 e. The molecule has 0 saturated carbocycles. The van der Waals surface area contributed by atoms with Crippen LogP contribution < -0.4 is 5.32 Å². The number of benzene rings is 1. The molecule has 106 valence electrons. The van der Waals surface area contributed by atoms with Crippen molar-refractivity contribution in [2.24, 2.45) is 0 Å². The van der Waals surface area contributed by atoms with Gasteiger partial charge in [-0.3, -0.25) is 0 Å². The maximum atomic E-state index is 13.8. The SMILES string of the molecule is CCOC(C)(C)CNC1CCSc2c(F)cccc21. The molecule has 1 aromatic carbocycles. The van der Waals surface area contributed by atoms with Crippen LogP contribution >= 0.6 is 11.8 Å². The summed E-state index contributed by atoms with van der Waals surface area (Å²) in [7, 11) is 0. The third-order valence-corrected chi connectivity index (χ3v) is 4.49. The third kappa shape index (κ3) is 3.71. The standard InChI is InChI=1S/C15H22FNOS/c1-4-18-15(2,3)10-17-13-8-9-19-14-11(13)6-5-7-12(14)16/h5-7,13,17H,4,8-10H2,1-3H3. The molecule has 0 spiro atoms. The summed E-state index contributed by atoms with van der Waals surface area (Å²) in [4.78, 5) is 0.806. The lowest BCUT2D eigenvalue weighted by Gasteiger charge is -2.31. The fourth-order valence-electron chi connectivity index (χ4n) is 2.41. The number of halogens is 1. The van der Waals surface area contributed by atoms with Crippen LogP contribution in [0.5, 0.6) is 0 Å². The molecule has 1 unspecified atom stereocenters. The van der Waals surface area contributed by atoms with Crippen LogP contribution in [0.25, 0.3) is 0 Å². The second-order valence-electron chi connectivity index (χ2n) is 5.42. The Balaban J connectivity index is 2.06. The maximum Gasteiger partial charge on any atom is 0.137 e. The van der Waals surface area contributed by atoms with Crippen LogP contribution in [0.4, 0.5) is 4.39 Å². The second kappa shape index (κ2) is 6.25. The first kappa shape index (κ1) is 14.8. The van der Waals surface area contributed by atoms with Crippen LogP contribution in [0.1, 0.15) is 38.8 Å². The Bertz CT molecular complexity index is 436. The van der Waals surface area contributed by atoms with Crippen LogP contribution in [-0.4, -0.2) is 24.5 Å². The minimum absolute atomic E-state index is 0.0990. The van der Waals surface area contributed by atoms with E-state index < -0.39 is 0 Å². The largest absolute Gasteiger partial charge is 0.375 e. The summed E-state index contributed by atoms with van der Waals surface area (Å²) in [6.07, 6.45) is 1.03. The lowest BCUT2D eigenvalue weighted by atomic mass is 10.0. The van der Waals surface area contributed by atoms with Gasteiger partial charge in [0.25, 0.3) is 0 Å². The topological polar surface area (TPSA) is 21.3 Å². The minimum atomic E-state index is -0.188. The van der Waals surface area contributed by atoms with Crippen molar-refractivity contribution in [2.45, 2.75) is 43.7 Å². The summed E-state index contributed by atoms with van der Waals surface area (Å²) in [6.45, 7) is 7.64. The summed E-state index contributed by atoms with van der Waals surface area (Å²) in [5.74, 6) is 0.860. The van der Waals surface area contributed by atoms with Gasteiger partial charge in [-0.05, 0) is 44.6 Å². The van der Waals surface area contributed by atoms with Crippen molar-refractivity contribution in [2.75, 3.05) is 18.9 Å². The van der Waals surface area contributed by atoms with E-state index in [1.54, 1.807) is 23.9 Å².